The van der Waals surface area contributed by atoms with Crippen LogP contribution in [0.1, 0.15) is 24.2 Å². The van der Waals surface area contributed by atoms with Gasteiger partial charge < -0.3 is 24.3 Å². The molecule has 1 N–H and O–H groups in total. The summed E-state index contributed by atoms with van der Waals surface area (Å²) in [6.07, 6.45) is 0. The number of carbonyl (C=O) groups is 2. The topological polar surface area (TPSA) is 83.1 Å². The lowest BCUT2D eigenvalue weighted by Gasteiger charge is -2.15. The molecule has 8 heteroatoms. The molecular formula is C21H24ClNO6. The van der Waals surface area contributed by atoms with Gasteiger partial charge in [0, 0.05) is 11.8 Å². The second kappa shape index (κ2) is 10.6. The average Bonchev–Trinajstić information content (AvgIpc) is 2.70. The summed E-state index contributed by atoms with van der Waals surface area (Å²) in [6.45, 7) is 4.00. The zero-order valence-corrected chi connectivity index (χ0v) is 17.5. The van der Waals surface area contributed by atoms with E-state index < -0.39 is 18.5 Å². The Morgan fingerprint density at radius 3 is 2.52 bits per heavy atom. The molecule has 0 radical (unpaired) electrons. The van der Waals surface area contributed by atoms with Crippen molar-refractivity contribution in [2.45, 2.75) is 13.8 Å². The summed E-state index contributed by atoms with van der Waals surface area (Å²) >= 11 is 6.24. The zero-order valence-electron chi connectivity index (χ0n) is 16.8. The van der Waals surface area contributed by atoms with E-state index in [1.165, 1.54) is 26.4 Å². The highest BCUT2D eigenvalue weighted by molar-refractivity contribution is 6.32. The van der Waals surface area contributed by atoms with Crippen molar-refractivity contribution < 1.29 is 28.5 Å². The van der Waals surface area contributed by atoms with Gasteiger partial charge >= 0.3 is 5.97 Å². The first-order chi connectivity index (χ1) is 13.8. The van der Waals surface area contributed by atoms with E-state index in [0.29, 0.717) is 35.5 Å². The molecule has 0 aliphatic heterocycles. The lowest BCUT2D eigenvalue weighted by Crippen LogP contribution is -2.21. The van der Waals surface area contributed by atoms with Gasteiger partial charge in [0.05, 0.1) is 31.4 Å². The number of amides is 1. The molecule has 2 aromatic rings. The third-order valence-corrected chi connectivity index (χ3v) is 3.99. The summed E-state index contributed by atoms with van der Waals surface area (Å²) < 4.78 is 21.1. The van der Waals surface area contributed by atoms with E-state index in [9.17, 15) is 9.59 Å². The molecule has 2 rings (SSSR count). The van der Waals surface area contributed by atoms with Gasteiger partial charge in [0.2, 0.25) is 0 Å². The predicted molar refractivity (Wildman–Crippen MR) is 110 cm³/mol. The van der Waals surface area contributed by atoms with Gasteiger partial charge in [0.1, 0.15) is 5.75 Å². The Balaban J connectivity index is 2.00. The van der Waals surface area contributed by atoms with Crippen LogP contribution in [-0.2, 0) is 9.53 Å². The summed E-state index contributed by atoms with van der Waals surface area (Å²) in [5.74, 6) is 0.369. The van der Waals surface area contributed by atoms with Crippen LogP contribution in [0.4, 0.5) is 5.69 Å². The number of halogens is 1. The van der Waals surface area contributed by atoms with Crippen LogP contribution < -0.4 is 19.5 Å². The molecule has 2 aromatic carbocycles. The molecule has 0 aliphatic carbocycles. The highest BCUT2D eigenvalue weighted by atomic mass is 35.5. The van der Waals surface area contributed by atoms with Crippen LogP contribution in [0.3, 0.4) is 0 Å². The fourth-order valence-electron chi connectivity index (χ4n) is 2.34. The molecule has 0 aliphatic rings. The summed E-state index contributed by atoms with van der Waals surface area (Å²) in [4.78, 5) is 24.4. The minimum atomic E-state index is -0.707. The molecule has 0 unspecified atom stereocenters. The molecule has 0 saturated carbocycles. The van der Waals surface area contributed by atoms with Gasteiger partial charge in [-0.3, -0.25) is 4.79 Å². The van der Waals surface area contributed by atoms with Crippen molar-refractivity contribution in [1.82, 2.24) is 0 Å². The lowest BCUT2D eigenvalue weighted by atomic mass is 10.2. The summed E-state index contributed by atoms with van der Waals surface area (Å²) in [5.41, 5.74) is 0.680. The lowest BCUT2D eigenvalue weighted by molar-refractivity contribution is -0.119. The smallest absolute Gasteiger partial charge is 0.338 e. The number of carbonyl (C=O) groups excluding carboxylic acids is 2. The molecule has 7 nitrogen and oxygen atoms in total. The number of rotatable bonds is 9. The Labute approximate surface area is 174 Å². The quantitative estimate of drug-likeness (QED) is 0.611. The molecule has 0 spiro atoms. The number of anilines is 1. The monoisotopic (exact) mass is 421 g/mol. The van der Waals surface area contributed by atoms with Crippen molar-refractivity contribution in [2.75, 3.05) is 32.8 Å². The second-order valence-electron chi connectivity index (χ2n) is 6.55. The number of ether oxygens (including phenoxy) is 4. The first kappa shape index (κ1) is 22.4. The summed E-state index contributed by atoms with van der Waals surface area (Å²) in [5, 5.41) is 2.85. The van der Waals surface area contributed by atoms with Crippen LogP contribution in [0.5, 0.6) is 17.2 Å². The third-order valence-electron chi connectivity index (χ3n) is 3.71. The van der Waals surface area contributed by atoms with E-state index in [1.807, 2.05) is 13.8 Å². The normalized spacial score (nSPS) is 10.4. The fourth-order valence-corrected chi connectivity index (χ4v) is 2.61. The third kappa shape index (κ3) is 6.57. The van der Waals surface area contributed by atoms with Crippen LogP contribution in [-0.4, -0.2) is 39.3 Å². The van der Waals surface area contributed by atoms with E-state index in [4.69, 9.17) is 30.5 Å². The van der Waals surface area contributed by atoms with E-state index in [-0.39, 0.29) is 10.6 Å². The molecule has 1 amide bonds. The minimum absolute atomic E-state index is 0.151. The molecule has 156 valence electrons. The Hall–Kier alpha value is -2.93. The van der Waals surface area contributed by atoms with Crippen LogP contribution in [0.2, 0.25) is 5.02 Å². The number of nitrogens with one attached hydrogen (secondary N) is 1. The van der Waals surface area contributed by atoms with Crippen LogP contribution in [0.25, 0.3) is 0 Å². The maximum Gasteiger partial charge on any atom is 0.338 e. The van der Waals surface area contributed by atoms with Crippen molar-refractivity contribution in [3.8, 4) is 17.2 Å². The van der Waals surface area contributed by atoms with Gasteiger partial charge in [-0.1, -0.05) is 31.5 Å². The summed E-state index contributed by atoms with van der Waals surface area (Å²) in [6, 6.07) is 9.72. The molecule has 0 bridgehead atoms. The largest absolute Gasteiger partial charge is 0.497 e. The maximum absolute atomic E-state index is 12.3. The van der Waals surface area contributed by atoms with Gasteiger partial charge in [0.25, 0.3) is 5.91 Å². The van der Waals surface area contributed by atoms with Crippen molar-refractivity contribution in [3.05, 3.63) is 47.0 Å². The van der Waals surface area contributed by atoms with Gasteiger partial charge in [-0.25, -0.2) is 4.79 Å². The molecule has 0 atom stereocenters. The van der Waals surface area contributed by atoms with Crippen LogP contribution in [0.15, 0.2) is 36.4 Å². The highest BCUT2D eigenvalue weighted by Gasteiger charge is 2.18. The van der Waals surface area contributed by atoms with Gasteiger partial charge in [0.15, 0.2) is 18.1 Å². The first-order valence-electron chi connectivity index (χ1n) is 8.95. The fraction of sp³-hybridized carbons (Fsp3) is 0.333. The van der Waals surface area contributed by atoms with E-state index >= 15 is 0 Å². The van der Waals surface area contributed by atoms with Crippen molar-refractivity contribution in [1.29, 1.82) is 0 Å². The maximum atomic E-state index is 12.3. The minimum Gasteiger partial charge on any atom is -0.497 e. The summed E-state index contributed by atoms with van der Waals surface area (Å²) in [7, 11) is 2.98. The van der Waals surface area contributed by atoms with Crippen molar-refractivity contribution in [2.24, 2.45) is 5.92 Å². The average molecular weight is 422 g/mol. The zero-order chi connectivity index (χ0) is 21.4. The van der Waals surface area contributed by atoms with Gasteiger partial charge in [-0.05, 0) is 30.2 Å². The van der Waals surface area contributed by atoms with E-state index in [2.05, 4.69) is 5.32 Å². The number of esters is 1. The Kier molecular flexibility index (Phi) is 8.15. The van der Waals surface area contributed by atoms with Gasteiger partial charge in [-0.2, -0.15) is 0 Å². The van der Waals surface area contributed by atoms with Crippen LogP contribution in [0, 0.1) is 5.92 Å². The standard InChI is InChI=1S/C21H24ClNO6/c1-13(2)11-28-20-17(22)8-14(9-18(20)27-4)21(25)29-12-19(24)23-15-6-5-7-16(10-15)26-3/h5-10,13H,11-12H2,1-4H3,(H,23,24). The molecule has 0 fully saturated rings. The molecular weight excluding hydrogens is 398 g/mol. The Morgan fingerprint density at radius 2 is 1.86 bits per heavy atom. The van der Waals surface area contributed by atoms with Crippen LogP contribution >= 0.6 is 11.6 Å². The first-order valence-corrected chi connectivity index (χ1v) is 9.33. The molecule has 0 saturated heterocycles. The number of hydrogen-bond donors (Lipinski definition) is 1. The van der Waals surface area contributed by atoms with Crippen molar-refractivity contribution in [3.63, 3.8) is 0 Å². The van der Waals surface area contributed by atoms with E-state index in [0.717, 1.165) is 0 Å². The number of benzene rings is 2. The number of hydrogen-bond acceptors (Lipinski definition) is 6. The SMILES string of the molecule is COc1cccc(NC(=O)COC(=O)c2cc(Cl)c(OCC(C)C)c(OC)c2)c1. The predicted octanol–water partition coefficient (Wildman–Crippen LogP) is 4.19. The molecule has 29 heavy (non-hydrogen) atoms. The van der Waals surface area contributed by atoms with E-state index in [1.54, 1.807) is 24.3 Å². The van der Waals surface area contributed by atoms with Crippen molar-refractivity contribution >= 4 is 29.2 Å². The second-order valence-corrected chi connectivity index (χ2v) is 6.96. The van der Waals surface area contributed by atoms with Gasteiger partial charge in [-0.15, -0.1) is 0 Å². The Bertz CT molecular complexity index is 868. The molecule has 0 heterocycles. The number of methoxy groups -OCH3 is 2. The molecule has 0 aromatic heterocycles. The Morgan fingerprint density at radius 1 is 1.10 bits per heavy atom. The highest BCUT2D eigenvalue weighted by Crippen LogP contribution is 2.37.